The van der Waals surface area contributed by atoms with Crippen LogP contribution in [0.5, 0.6) is 5.75 Å². The Labute approximate surface area is 161 Å². The highest BCUT2D eigenvalue weighted by Gasteiger charge is 2.20. The maximum atomic E-state index is 12.4. The SMILES string of the molecule is CCOc1ccc(C(=O)C(C)OC(=O)Cn2cnc3ccccc3c2=O)cc1. The quantitative estimate of drug-likeness (QED) is 0.462. The Morgan fingerprint density at radius 2 is 1.82 bits per heavy atom. The van der Waals surface area contributed by atoms with Gasteiger partial charge in [0.05, 0.1) is 23.8 Å². The van der Waals surface area contributed by atoms with Gasteiger partial charge in [-0.1, -0.05) is 12.1 Å². The van der Waals surface area contributed by atoms with Crippen molar-refractivity contribution in [3.63, 3.8) is 0 Å². The first-order valence-corrected chi connectivity index (χ1v) is 8.90. The second-order valence-electron chi connectivity index (χ2n) is 6.15. The molecule has 1 aromatic heterocycles. The first kappa shape index (κ1) is 19.3. The number of para-hydroxylation sites is 1. The standard InChI is InChI=1S/C21H20N2O5/c1-3-27-16-10-8-15(9-11-16)20(25)14(2)28-19(24)12-23-13-22-18-7-5-4-6-17(18)21(23)26/h4-11,13-14H,3,12H2,1-2H3. The molecular formula is C21H20N2O5. The van der Waals surface area contributed by atoms with Crippen molar-refractivity contribution >= 4 is 22.7 Å². The lowest BCUT2D eigenvalue weighted by Crippen LogP contribution is -2.30. The van der Waals surface area contributed by atoms with E-state index in [2.05, 4.69) is 4.98 Å². The molecule has 144 valence electrons. The summed E-state index contributed by atoms with van der Waals surface area (Å²) < 4.78 is 11.7. The highest BCUT2D eigenvalue weighted by molar-refractivity contribution is 6.00. The van der Waals surface area contributed by atoms with Gasteiger partial charge >= 0.3 is 5.97 Å². The zero-order chi connectivity index (χ0) is 20.1. The molecule has 0 radical (unpaired) electrons. The van der Waals surface area contributed by atoms with E-state index >= 15 is 0 Å². The third kappa shape index (κ3) is 4.25. The van der Waals surface area contributed by atoms with E-state index in [0.717, 1.165) is 0 Å². The molecule has 3 aromatic rings. The second kappa shape index (κ2) is 8.47. The summed E-state index contributed by atoms with van der Waals surface area (Å²) >= 11 is 0. The third-order valence-corrected chi connectivity index (χ3v) is 4.16. The van der Waals surface area contributed by atoms with Gasteiger partial charge < -0.3 is 9.47 Å². The normalized spacial score (nSPS) is 11.8. The average Bonchev–Trinajstić information content (AvgIpc) is 2.70. The molecule has 0 aliphatic carbocycles. The zero-order valence-corrected chi connectivity index (χ0v) is 15.6. The lowest BCUT2D eigenvalue weighted by molar-refractivity contribution is -0.147. The van der Waals surface area contributed by atoms with E-state index in [0.29, 0.717) is 28.8 Å². The minimum atomic E-state index is -0.977. The number of carbonyl (C=O) groups is 2. The van der Waals surface area contributed by atoms with Crippen LogP contribution in [0.25, 0.3) is 10.9 Å². The molecule has 0 aliphatic rings. The topological polar surface area (TPSA) is 87.5 Å². The molecule has 7 heteroatoms. The molecule has 0 bridgehead atoms. The largest absolute Gasteiger partial charge is 0.494 e. The Morgan fingerprint density at radius 1 is 1.11 bits per heavy atom. The van der Waals surface area contributed by atoms with Crippen LogP contribution in [0.15, 0.2) is 59.7 Å². The number of hydrogen-bond acceptors (Lipinski definition) is 6. The van der Waals surface area contributed by atoms with Gasteiger partial charge in [0, 0.05) is 5.56 Å². The molecule has 0 amide bonds. The Balaban J connectivity index is 1.66. The van der Waals surface area contributed by atoms with Crippen molar-refractivity contribution in [3.05, 3.63) is 70.8 Å². The fraction of sp³-hybridized carbons (Fsp3) is 0.238. The monoisotopic (exact) mass is 380 g/mol. The van der Waals surface area contributed by atoms with Crippen molar-refractivity contribution in [2.45, 2.75) is 26.5 Å². The lowest BCUT2D eigenvalue weighted by Gasteiger charge is -2.13. The molecule has 2 aromatic carbocycles. The van der Waals surface area contributed by atoms with Gasteiger partial charge in [0.15, 0.2) is 6.10 Å². The van der Waals surface area contributed by atoms with Crippen molar-refractivity contribution in [2.75, 3.05) is 6.61 Å². The van der Waals surface area contributed by atoms with Crippen LogP contribution in [0.2, 0.25) is 0 Å². The summed E-state index contributed by atoms with van der Waals surface area (Å²) in [6.45, 7) is 3.58. The van der Waals surface area contributed by atoms with Gasteiger partial charge in [-0.2, -0.15) is 0 Å². The molecule has 0 fully saturated rings. The van der Waals surface area contributed by atoms with E-state index in [-0.39, 0.29) is 17.9 Å². The zero-order valence-electron chi connectivity index (χ0n) is 15.6. The van der Waals surface area contributed by atoms with Crippen LogP contribution in [0.4, 0.5) is 0 Å². The predicted octanol–water partition coefficient (Wildman–Crippen LogP) is 2.61. The van der Waals surface area contributed by atoms with Crippen molar-refractivity contribution in [1.29, 1.82) is 0 Å². The Bertz CT molecular complexity index is 1060. The molecule has 0 N–H and O–H groups in total. The average molecular weight is 380 g/mol. The number of hydrogen-bond donors (Lipinski definition) is 0. The Kier molecular flexibility index (Phi) is 5.84. The molecule has 0 aliphatic heterocycles. The van der Waals surface area contributed by atoms with Gasteiger partial charge in [-0.15, -0.1) is 0 Å². The van der Waals surface area contributed by atoms with Crippen LogP contribution in [-0.4, -0.2) is 34.0 Å². The Morgan fingerprint density at radius 3 is 2.54 bits per heavy atom. The van der Waals surface area contributed by atoms with Gasteiger partial charge in [0.25, 0.3) is 5.56 Å². The number of esters is 1. The number of nitrogens with zero attached hydrogens (tertiary/aromatic N) is 2. The predicted molar refractivity (Wildman–Crippen MR) is 103 cm³/mol. The van der Waals surface area contributed by atoms with E-state index in [1.165, 1.54) is 17.8 Å². The minimum Gasteiger partial charge on any atom is -0.494 e. The van der Waals surface area contributed by atoms with Gasteiger partial charge in [-0.25, -0.2) is 4.98 Å². The van der Waals surface area contributed by atoms with Gasteiger partial charge in [0.1, 0.15) is 12.3 Å². The number of ketones is 1. The fourth-order valence-electron chi connectivity index (χ4n) is 2.76. The molecule has 28 heavy (non-hydrogen) atoms. The number of aromatic nitrogens is 2. The lowest BCUT2D eigenvalue weighted by atomic mass is 10.1. The smallest absolute Gasteiger partial charge is 0.326 e. The number of carbonyl (C=O) groups excluding carboxylic acids is 2. The van der Waals surface area contributed by atoms with Gasteiger partial charge in [-0.05, 0) is 50.2 Å². The van der Waals surface area contributed by atoms with Crippen molar-refractivity contribution in [3.8, 4) is 5.75 Å². The first-order chi connectivity index (χ1) is 13.5. The second-order valence-corrected chi connectivity index (χ2v) is 6.15. The van der Waals surface area contributed by atoms with E-state index in [1.807, 2.05) is 6.92 Å². The van der Waals surface area contributed by atoms with Crippen LogP contribution in [0, 0.1) is 0 Å². The number of fused-ring (bicyclic) bond motifs is 1. The summed E-state index contributed by atoms with van der Waals surface area (Å²) in [6.07, 6.45) is 0.319. The van der Waals surface area contributed by atoms with E-state index in [4.69, 9.17) is 9.47 Å². The van der Waals surface area contributed by atoms with E-state index in [9.17, 15) is 14.4 Å². The summed E-state index contributed by atoms with van der Waals surface area (Å²) in [6, 6.07) is 13.5. The van der Waals surface area contributed by atoms with Crippen LogP contribution >= 0.6 is 0 Å². The summed E-state index contributed by atoms with van der Waals surface area (Å²) in [5, 5.41) is 0.413. The molecule has 0 saturated heterocycles. The minimum absolute atomic E-state index is 0.322. The summed E-state index contributed by atoms with van der Waals surface area (Å²) in [7, 11) is 0. The molecule has 7 nitrogen and oxygen atoms in total. The summed E-state index contributed by atoms with van der Waals surface area (Å²) in [4.78, 5) is 41.2. The molecular weight excluding hydrogens is 360 g/mol. The number of Topliss-reactive ketones (excluding diaryl/α,β-unsaturated/α-hetero) is 1. The van der Waals surface area contributed by atoms with Crippen molar-refractivity contribution in [1.82, 2.24) is 9.55 Å². The van der Waals surface area contributed by atoms with Gasteiger partial charge in [0.2, 0.25) is 5.78 Å². The van der Waals surface area contributed by atoms with Crippen molar-refractivity contribution < 1.29 is 19.1 Å². The molecule has 3 rings (SSSR count). The fourth-order valence-corrected chi connectivity index (χ4v) is 2.76. The van der Waals surface area contributed by atoms with Crippen LogP contribution in [0.3, 0.4) is 0 Å². The summed E-state index contributed by atoms with van der Waals surface area (Å²) in [5.74, 6) is -0.363. The maximum absolute atomic E-state index is 12.4. The van der Waals surface area contributed by atoms with Gasteiger partial charge in [-0.3, -0.25) is 19.0 Å². The third-order valence-electron chi connectivity index (χ3n) is 4.16. The van der Waals surface area contributed by atoms with Crippen LogP contribution < -0.4 is 10.3 Å². The number of benzene rings is 2. The van der Waals surface area contributed by atoms with E-state index < -0.39 is 12.1 Å². The van der Waals surface area contributed by atoms with E-state index in [1.54, 1.807) is 48.5 Å². The van der Waals surface area contributed by atoms with Crippen LogP contribution in [0.1, 0.15) is 24.2 Å². The highest BCUT2D eigenvalue weighted by Crippen LogP contribution is 2.14. The first-order valence-electron chi connectivity index (χ1n) is 8.90. The Hall–Kier alpha value is -3.48. The number of ether oxygens (including phenoxy) is 2. The highest BCUT2D eigenvalue weighted by atomic mass is 16.5. The molecule has 1 heterocycles. The molecule has 1 unspecified atom stereocenters. The molecule has 0 spiro atoms. The molecule has 1 atom stereocenters. The van der Waals surface area contributed by atoms with Crippen molar-refractivity contribution in [2.24, 2.45) is 0 Å². The number of rotatable bonds is 7. The summed E-state index contributed by atoms with van der Waals surface area (Å²) in [5.41, 5.74) is 0.623. The maximum Gasteiger partial charge on any atom is 0.326 e. The molecule has 0 saturated carbocycles. The van der Waals surface area contributed by atoms with Crippen LogP contribution in [-0.2, 0) is 16.1 Å².